The maximum absolute atomic E-state index is 13.0. The molecule has 27 heavy (non-hydrogen) atoms. The Balaban J connectivity index is 1.71. The van der Waals surface area contributed by atoms with E-state index in [0.717, 1.165) is 41.5 Å². The Morgan fingerprint density at radius 1 is 1.19 bits per heavy atom. The molecule has 0 saturated carbocycles. The van der Waals surface area contributed by atoms with Gasteiger partial charge in [0.25, 0.3) is 0 Å². The SMILES string of the molecule is CCN(C)C(=O)CN1CCCC(C(=O)c2ccc3cc(OC)ccc3c2)C1. The van der Waals surface area contributed by atoms with E-state index in [4.69, 9.17) is 4.74 Å². The lowest BCUT2D eigenvalue weighted by Gasteiger charge is -2.32. The number of carbonyl (C=O) groups is 2. The van der Waals surface area contributed by atoms with Gasteiger partial charge in [0.2, 0.25) is 5.91 Å². The Bertz CT molecular complexity index is 833. The second-order valence-corrected chi connectivity index (χ2v) is 7.27. The molecule has 1 unspecified atom stereocenters. The minimum Gasteiger partial charge on any atom is -0.497 e. The van der Waals surface area contributed by atoms with Crippen LogP contribution in [0.5, 0.6) is 5.75 Å². The molecule has 0 N–H and O–H groups in total. The molecular weight excluding hydrogens is 340 g/mol. The molecular formula is C22H28N2O3. The van der Waals surface area contributed by atoms with E-state index in [-0.39, 0.29) is 17.6 Å². The van der Waals surface area contributed by atoms with Crippen LogP contribution in [0.4, 0.5) is 0 Å². The molecule has 0 spiro atoms. The van der Waals surface area contributed by atoms with Crippen LogP contribution in [0.3, 0.4) is 0 Å². The van der Waals surface area contributed by atoms with Gasteiger partial charge in [0.05, 0.1) is 13.7 Å². The van der Waals surface area contributed by atoms with E-state index in [1.54, 1.807) is 12.0 Å². The van der Waals surface area contributed by atoms with Crippen molar-refractivity contribution in [3.63, 3.8) is 0 Å². The summed E-state index contributed by atoms with van der Waals surface area (Å²) in [6.45, 7) is 4.60. The lowest BCUT2D eigenvalue weighted by atomic mass is 9.89. The number of fused-ring (bicyclic) bond motifs is 1. The summed E-state index contributed by atoms with van der Waals surface area (Å²) in [4.78, 5) is 29.1. The number of ketones is 1. The summed E-state index contributed by atoms with van der Waals surface area (Å²) in [5.74, 6) is 1.05. The molecule has 3 rings (SSSR count). The van der Waals surface area contributed by atoms with Crippen LogP contribution >= 0.6 is 0 Å². The maximum atomic E-state index is 13.0. The summed E-state index contributed by atoms with van der Waals surface area (Å²) >= 11 is 0. The van der Waals surface area contributed by atoms with Crippen LogP contribution < -0.4 is 4.74 Å². The Kier molecular flexibility index (Phi) is 6.11. The molecule has 144 valence electrons. The third-order valence-electron chi connectivity index (χ3n) is 5.47. The second-order valence-electron chi connectivity index (χ2n) is 7.27. The number of carbonyl (C=O) groups excluding carboxylic acids is 2. The predicted molar refractivity (Wildman–Crippen MR) is 107 cm³/mol. The largest absolute Gasteiger partial charge is 0.497 e. The molecule has 2 aromatic rings. The molecule has 0 bridgehead atoms. The van der Waals surface area contributed by atoms with E-state index in [1.165, 1.54) is 0 Å². The summed E-state index contributed by atoms with van der Waals surface area (Å²) in [5.41, 5.74) is 0.747. The smallest absolute Gasteiger partial charge is 0.236 e. The summed E-state index contributed by atoms with van der Waals surface area (Å²) in [6, 6.07) is 11.7. The third-order valence-corrected chi connectivity index (χ3v) is 5.47. The highest BCUT2D eigenvalue weighted by Gasteiger charge is 2.28. The van der Waals surface area contributed by atoms with Crippen LogP contribution in [0.15, 0.2) is 36.4 Å². The fraction of sp³-hybridized carbons (Fsp3) is 0.455. The molecule has 1 saturated heterocycles. The quantitative estimate of drug-likeness (QED) is 0.735. The fourth-order valence-corrected chi connectivity index (χ4v) is 3.64. The first-order valence-corrected chi connectivity index (χ1v) is 9.60. The summed E-state index contributed by atoms with van der Waals surface area (Å²) < 4.78 is 5.26. The number of piperidine rings is 1. The zero-order chi connectivity index (χ0) is 19.4. The predicted octanol–water partition coefficient (Wildman–Crippen LogP) is 3.22. The Hall–Kier alpha value is -2.40. The average Bonchev–Trinajstić information content (AvgIpc) is 2.71. The lowest BCUT2D eigenvalue weighted by Crippen LogP contribution is -2.44. The molecule has 1 aliphatic heterocycles. The van der Waals surface area contributed by atoms with Gasteiger partial charge in [-0.15, -0.1) is 0 Å². The molecule has 1 heterocycles. The monoisotopic (exact) mass is 368 g/mol. The van der Waals surface area contributed by atoms with Crippen LogP contribution in [-0.4, -0.2) is 61.8 Å². The van der Waals surface area contributed by atoms with Gasteiger partial charge in [-0.1, -0.05) is 18.2 Å². The number of likely N-dealkylation sites (N-methyl/N-ethyl adjacent to an activating group) is 1. The van der Waals surface area contributed by atoms with Crippen LogP contribution in [-0.2, 0) is 4.79 Å². The molecule has 2 aromatic carbocycles. The first kappa shape index (κ1) is 19.4. The molecule has 0 aromatic heterocycles. The van der Waals surface area contributed by atoms with Crippen molar-refractivity contribution < 1.29 is 14.3 Å². The summed E-state index contributed by atoms with van der Waals surface area (Å²) in [7, 11) is 3.47. The van der Waals surface area contributed by atoms with Crippen LogP contribution in [0.2, 0.25) is 0 Å². The summed E-state index contributed by atoms with van der Waals surface area (Å²) in [5, 5.41) is 2.10. The average molecular weight is 368 g/mol. The van der Waals surface area contributed by atoms with Gasteiger partial charge in [-0.25, -0.2) is 0 Å². The van der Waals surface area contributed by atoms with E-state index >= 15 is 0 Å². The third kappa shape index (κ3) is 4.48. The second kappa shape index (κ2) is 8.53. The molecule has 1 atom stereocenters. The number of rotatable bonds is 6. The topological polar surface area (TPSA) is 49.9 Å². The number of hydrogen-bond acceptors (Lipinski definition) is 4. The number of nitrogens with zero attached hydrogens (tertiary/aromatic N) is 2. The lowest BCUT2D eigenvalue weighted by molar-refractivity contribution is -0.131. The highest BCUT2D eigenvalue weighted by molar-refractivity contribution is 6.01. The first-order chi connectivity index (χ1) is 13.0. The molecule has 5 nitrogen and oxygen atoms in total. The van der Waals surface area contributed by atoms with Crippen LogP contribution in [0.1, 0.15) is 30.1 Å². The number of likely N-dealkylation sites (tertiary alicyclic amines) is 1. The summed E-state index contributed by atoms with van der Waals surface area (Å²) in [6.07, 6.45) is 1.83. The van der Waals surface area contributed by atoms with E-state index in [0.29, 0.717) is 19.6 Å². The van der Waals surface area contributed by atoms with Crippen LogP contribution in [0, 0.1) is 5.92 Å². The normalized spacial score (nSPS) is 17.7. The molecule has 1 fully saturated rings. The van der Waals surface area contributed by atoms with Gasteiger partial charge in [-0.3, -0.25) is 14.5 Å². The van der Waals surface area contributed by atoms with Crippen LogP contribution in [0.25, 0.3) is 10.8 Å². The van der Waals surface area contributed by atoms with E-state index in [2.05, 4.69) is 4.90 Å². The number of benzene rings is 2. The van der Waals surface area contributed by atoms with Crippen molar-refractivity contribution in [1.82, 2.24) is 9.80 Å². The van der Waals surface area contributed by atoms with E-state index in [9.17, 15) is 9.59 Å². The Morgan fingerprint density at radius 3 is 2.67 bits per heavy atom. The number of methoxy groups -OCH3 is 1. The standard InChI is InChI=1S/C22H28N2O3/c1-4-23(2)21(25)15-24-11-5-6-19(14-24)22(26)18-8-7-17-13-20(27-3)10-9-16(17)12-18/h7-10,12-13,19H,4-6,11,14-15H2,1-3H3. The highest BCUT2D eigenvalue weighted by atomic mass is 16.5. The minimum atomic E-state index is -0.0471. The van der Waals surface area contributed by atoms with Crippen molar-refractivity contribution in [2.75, 3.05) is 40.3 Å². The molecule has 5 heteroatoms. The van der Waals surface area contributed by atoms with Crippen molar-refractivity contribution in [3.8, 4) is 5.75 Å². The van der Waals surface area contributed by atoms with Crippen molar-refractivity contribution in [2.24, 2.45) is 5.92 Å². The zero-order valence-electron chi connectivity index (χ0n) is 16.4. The van der Waals surface area contributed by atoms with Gasteiger partial charge < -0.3 is 9.64 Å². The maximum Gasteiger partial charge on any atom is 0.236 e. The zero-order valence-corrected chi connectivity index (χ0v) is 16.4. The molecule has 0 aliphatic carbocycles. The number of ether oxygens (including phenoxy) is 1. The van der Waals surface area contributed by atoms with E-state index < -0.39 is 0 Å². The molecule has 1 aliphatic rings. The van der Waals surface area contributed by atoms with Gasteiger partial charge in [0.15, 0.2) is 5.78 Å². The fourth-order valence-electron chi connectivity index (χ4n) is 3.64. The number of amides is 1. The van der Waals surface area contributed by atoms with Crippen molar-refractivity contribution in [3.05, 3.63) is 42.0 Å². The minimum absolute atomic E-state index is 0.0471. The first-order valence-electron chi connectivity index (χ1n) is 9.60. The van der Waals surface area contributed by atoms with Crippen molar-refractivity contribution >= 4 is 22.5 Å². The number of Topliss-reactive ketones (excluding diaryl/α,β-unsaturated/α-hetero) is 1. The van der Waals surface area contributed by atoms with E-state index in [1.807, 2.05) is 50.4 Å². The molecule has 0 radical (unpaired) electrons. The van der Waals surface area contributed by atoms with Gasteiger partial charge in [-0.05, 0) is 55.3 Å². The molecule has 1 amide bonds. The van der Waals surface area contributed by atoms with Crippen molar-refractivity contribution in [1.29, 1.82) is 0 Å². The van der Waals surface area contributed by atoms with Crippen molar-refractivity contribution in [2.45, 2.75) is 19.8 Å². The van der Waals surface area contributed by atoms with Gasteiger partial charge in [0.1, 0.15) is 5.75 Å². The van der Waals surface area contributed by atoms with Gasteiger partial charge in [0, 0.05) is 31.6 Å². The Morgan fingerprint density at radius 2 is 1.93 bits per heavy atom. The highest BCUT2D eigenvalue weighted by Crippen LogP contribution is 2.25. The number of hydrogen-bond donors (Lipinski definition) is 0. The Labute approximate surface area is 160 Å². The van der Waals surface area contributed by atoms with Gasteiger partial charge >= 0.3 is 0 Å². The van der Waals surface area contributed by atoms with Gasteiger partial charge in [-0.2, -0.15) is 0 Å².